The minimum atomic E-state index is -5.39. The molecule has 0 aliphatic rings. The molecule has 148 valence electrons. The van der Waals surface area contributed by atoms with Gasteiger partial charge in [0.2, 0.25) is 0 Å². The highest BCUT2D eigenvalue weighted by Crippen LogP contribution is 2.29. The zero-order chi connectivity index (χ0) is 20.9. The van der Waals surface area contributed by atoms with Gasteiger partial charge in [-0.15, -0.1) is 0 Å². The first-order valence-electron chi connectivity index (χ1n) is 6.44. The summed E-state index contributed by atoms with van der Waals surface area (Å²) in [6.07, 6.45) is -1.29. The summed E-state index contributed by atoms with van der Waals surface area (Å²) in [6.45, 7) is 0. The fourth-order valence-corrected chi connectivity index (χ4v) is 3.31. The molecule has 2 rings (SSSR count). The Balaban J connectivity index is 2.75. The molecule has 2 aromatic rings. The molecule has 0 bridgehead atoms. The second kappa shape index (κ2) is 6.78. The Bertz CT molecular complexity index is 1070. The fourth-order valence-electron chi connectivity index (χ4n) is 2.10. The first kappa shape index (κ1) is 21.1. The molecular formula is C13H6F6O6S2. The van der Waals surface area contributed by atoms with E-state index in [0.29, 0.717) is 0 Å². The van der Waals surface area contributed by atoms with Gasteiger partial charge in [0.25, 0.3) is 20.2 Å². The van der Waals surface area contributed by atoms with E-state index >= 15 is 0 Å². The molecule has 6 nitrogen and oxygen atoms in total. The van der Waals surface area contributed by atoms with Crippen LogP contribution in [0.5, 0.6) is 0 Å². The predicted molar refractivity (Wildman–Crippen MR) is 75.1 cm³/mol. The quantitative estimate of drug-likeness (QED) is 0.433. The number of hydrogen-bond acceptors (Lipinski definition) is 4. The van der Waals surface area contributed by atoms with Crippen LogP contribution in [0.15, 0.2) is 21.9 Å². The molecule has 2 aromatic carbocycles. The molecule has 0 radical (unpaired) electrons. The lowest BCUT2D eigenvalue weighted by atomic mass is 10.0. The van der Waals surface area contributed by atoms with Gasteiger partial charge in [0.1, 0.15) is 9.79 Å². The van der Waals surface area contributed by atoms with Gasteiger partial charge in [0.05, 0.1) is 0 Å². The maximum atomic E-state index is 13.8. The van der Waals surface area contributed by atoms with Crippen LogP contribution in [0.1, 0.15) is 11.1 Å². The highest BCUT2D eigenvalue weighted by molar-refractivity contribution is 7.86. The predicted octanol–water partition coefficient (Wildman–Crippen LogP) is 2.61. The van der Waals surface area contributed by atoms with E-state index in [1.54, 1.807) is 0 Å². The molecule has 0 atom stereocenters. The van der Waals surface area contributed by atoms with Crippen LogP contribution >= 0.6 is 0 Å². The molecule has 14 heteroatoms. The summed E-state index contributed by atoms with van der Waals surface area (Å²) in [5.74, 6) is -13.4. The van der Waals surface area contributed by atoms with Crippen LogP contribution in [-0.2, 0) is 26.7 Å². The van der Waals surface area contributed by atoms with Crippen LogP contribution in [0.2, 0.25) is 0 Å². The summed E-state index contributed by atoms with van der Waals surface area (Å²) in [4.78, 5) is -3.45. The van der Waals surface area contributed by atoms with Crippen molar-refractivity contribution in [2.45, 2.75) is 16.2 Å². The third-order valence-corrected chi connectivity index (χ3v) is 5.02. The lowest BCUT2D eigenvalue weighted by Gasteiger charge is -2.11. The Morgan fingerprint density at radius 2 is 0.889 bits per heavy atom. The fraction of sp³-hybridized carbons (Fsp3) is 0.0769. The van der Waals surface area contributed by atoms with Crippen LogP contribution in [0.4, 0.5) is 26.3 Å². The Kier molecular flexibility index (Phi) is 5.31. The minimum Gasteiger partial charge on any atom is -0.282 e. The molecule has 0 saturated carbocycles. The Morgan fingerprint density at radius 1 is 0.593 bits per heavy atom. The second-order valence-corrected chi connectivity index (χ2v) is 7.86. The summed E-state index contributed by atoms with van der Waals surface area (Å²) >= 11 is 0. The maximum Gasteiger partial charge on any atom is 0.297 e. The van der Waals surface area contributed by atoms with Crippen molar-refractivity contribution in [2.75, 3.05) is 0 Å². The molecule has 0 fully saturated rings. The van der Waals surface area contributed by atoms with E-state index in [9.17, 15) is 43.2 Å². The van der Waals surface area contributed by atoms with Crippen molar-refractivity contribution in [3.05, 3.63) is 58.2 Å². The van der Waals surface area contributed by atoms with Crippen molar-refractivity contribution in [1.82, 2.24) is 0 Å². The van der Waals surface area contributed by atoms with Gasteiger partial charge < -0.3 is 0 Å². The van der Waals surface area contributed by atoms with Gasteiger partial charge in [-0.25, -0.2) is 26.3 Å². The lowest BCUT2D eigenvalue weighted by Crippen LogP contribution is -2.11. The average molecular weight is 436 g/mol. The minimum absolute atomic E-state index is 0.0525. The van der Waals surface area contributed by atoms with Crippen LogP contribution in [0, 0.1) is 34.9 Å². The number of benzene rings is 2. The van der Waals surface area contributed by atoms with Crippen molar-refractivity contribution in [2.24, 2.45) is 0 Å². The van der Waals surface area contributed by atoms with Gasteiger partial charge in [-0.1, -0.05) is 0 Å². The number of hydrogen-bond donors (Lipinski definition) is 2. The van der Waals surface area contributed by atoms with Gasteiger partial charge >= 0.3 is 0 Å². The summed E-state index contributed by atoms with van der Waals surface area (Å²) in [6, 6.07) is 0.105. The van der Waals surface area contributed by atoms with Crippen molar-refractivity contribution in [3.63, 3.8) is 0 Å². The largest absolute Gasteiger partial charge is 0.297 e. The zero-order valence-corrected chi connectivity index (χ0v) is 14.1. The van der Waals surface area contributed by atoms with Gasteiger partial charge in [-0.3, -0.25) is 9.11 Å². The molecule has 0 unspecified atom stereocenters. The van der Waals surface area contributed by atoms with Crippen molar-refractivity contribution >= 4 is 20.2 Å². The summed E-state index contributed by atoms with van der Waals surface area (Å²) in [5, 5.41) is 0. The maximum absolute atomic E-state index is 13.8. The smallest absolute Gasteiger partial charge is 0.282 e. The van der Waals surface area contributed by atoms with Crippen LogP contribution in [0.25, 0.3) is 0 Å². The van der Waals surface area contributed by atoms with E-state index in [1.165, 1.54) is 0 Å². The topological polar surface area (TPSA) is 109 Å². The molecule has 27 heavy (non-hydrogen) atoms. The highest BCUT2D eigenvalue weighted by atomic mass is 32.2. The first-order valence-corrected chi connectivity index (χ1v) is 9.32. The Morgan fingerprint density at radius 3 is 1.15 bits per heavy atom. The van der Waals surface area contributed by atoms with Gasteiger partial charge in [-0.05, 0) is 23.3 Å². The normalized spacial score (nSPS) is 12.4. The monoisotopic (exact) mass is 436 g/mol. The molecule has 0 aromatic heterocycles. The standard InChI is InChI=1S/C13H6F6O6S2/c14-8-4(2-6(26(20,21)22)10(16)12(8)18)1-5-3-7(27(23,24)25)11(17)13(19)9(5)15/h2-3H,1H2,(H,20,21,22)(H,23,24,25). The van der Waals surface area contributed by atoms with E-state index < -0.39 is 82.5 Å². The summed E-state index contributed by atoms with van der Waals surface area (Å²) in [5.41, 5.74) is -2.29. The molecule has 0 amide bonds. The first-order chi connectivity index (χ1) is 12.2. The zero-order valence-electron chi connectivity index (χ0n) is 12.5. The Hall–Kier alpha value is -2.16. The van der Waals surface area contributed by atoms with Crippen molar-refractivity contribution in [1.29, 1.82) is 0 Å². The summed E-state index contributed by atoms with van der Waals surface area (Å²) in [7, 11) is -10.8. The third-order valence-electron chi connectivity index (χ3n) is 3.31. The van der Waals surface area contributed by atoms with Crippen LogP contribution in [-0.4, -0.2) is 25.9 Å². The van der Waals surface area contributed by atoms with Gasteiger partial charge in [0, 0.05) is 6.42 Å². The van der Waals surface area contributed by atoms with Crippen molar-refractivity contribution in [3.8, 4) is 0 Å². The van der Waals surface area contributed by atoms with Crippen LogP contribution in [0.3, 0.4) is 0 Å². The number of halogens is 6. The summed E-state index contributed by atoms with van der Waals surface area (Å²) < 4.78 is 143. The molecule has 0 heterocycles. The molecular weight excluding hydrogens is 430 g/mol. The molecule has 0 spiro atoms. The number of rotatable bonds is 4. The van der Waals surface area contributed by atoms with Gasteiger partial charge in [0.15, 0.2) is 34.9 Å². The van der Waals surface area contributed by atoms with E-state index in [1.807, 2.05) is 0 Å². The van der Waals surface area contributed by atoms with E-state index in [4.69, 9.17) is 9.11 Å². The third kappa shape index (κ3) is 3.92. The molecule has 0 aliphatic carbocycles. The lowest BCUT2D eigenvalue weighted by molar-refractivity contribution is 0.413. The SMILES string of the molecule is O=S(=O)(O)c1cc(Cc2cc(S(=O)(=O)O)c(F)c(F)c2F)c(F)c(F)c1F. The van der Waals surface area contributed by atoms with E-state index in [0.717, 1.165) is 0 Å². The van der Waals surface area contributed by atoms with E-state index in [-0.39, 0.29) is 12.1 Å². The van der Waals surface area contributed by atoms with Crippen molar-refractivity contribution < 1.29 is 52.3 Å². The van der Waals surface area contributed by atoms with Crippen LogP contribution < -0.4 is 0 Å². The van der Waals surface area contributed by atoms with E-state index in [2.05, 4.69) is 0 Å². The highest BCUT2D eigenvalue weighted by Gasteiger charge is 2.29. The second-order valence-electron chi connectivity index (χ2n) is 5.08. The molecule has 2 N–H and O–H groups in total. The Labute approximate surface area is 147 Å². The average Bonchev–Trinajstić information content (AvgIpc) is 2.53. The molecule has 0 saturated heterocycles. The van der Waals surface area contributed by atoms with Gasteiger partial charge in [-0.2, -0.15) is 16.8 Å². The molecule has 0 aliphatic heterocycles.